The van der Waals surface area contributed by atoms with Crippen molar-refractivity contribution in [1.82, 2.24) is 8.88 Å². The molecule has 0 radical (unpaired) electrons. The van der Waals surface area contributed by atoms with Crippen molar-refractivity contribution in [3.05, 3.63) is 0 Å². The second kappa shape index (κ2) is 4.44. The molecular formula is C10H24N2P2Te2. The molecule has 16 heavy (non-hydrogen) atoms. The molecule has 0 aromatic heterocycles. The average molecular weight is 489 g/mol. The van der Waals surface area contributed by atoms with E-state index >= 15 is 0 Å². The number of rotatable bonds is 0. The Kier molecular flexibility index (Phi) is 4.55. The van der Waals surface area contributed by atoms with Gasteiger partial charge in [-0.15, -0.1) is 0 Å². The van der Waals surface area contributed by atoms with Gasteiger partial charge in [-0.1, -0.05) is 0 Å². The number of hydrogen-bond acceptors (Lipinski definition) is 2. The van der Waals surface area contributed by atoms with Gasteiger partial charge in [-0.05, 0) is 0 Å². The van der Waals surface area contributed by atoms with Crippen molar-refractivity contribution in [2.45, 2.75) is 52.6 Å². The Labute approximate surface area is 126 Å². The summed E-state index contributed by atoms with van der Waals surface area (Å²) in [6.45, 7) is 19.1. The molecule has 0 spiro atoms. The van der Waals surface area contributed by atoms with Gasteiger partial charge in [0.05, 0.1) is 0 Å². The summed E-state index contributed by atoms with van der Waals surface area (Å²) in [7, 11) is 0. The third-order valence-electron chi connectivity index (χ3n) is 2.61. The van der Waals surface area contributed by atoms with Gasteiger partial charge in [-0.3, -0.25) is 0 Å². The van der Waals surface area contributed by atoms with Crippen molar-refractivity contribution in [2.75, 3.05) is 13.3 Å². The van der Waals surface area contributed by atoms with Gasteiger partial charge in [-0.2, -0.15) is 0 Å². The van der Waals surface area contributed by atoms with E-state index in [1.54, 1.807) is 0 Å². The van der Waals surface area contributed by atoms with E-state index in [-0.39, 0.29) is 0 Å². The minimum atomic E-state index is -1.07. The molecule has 0 saturated carbocycles. The Bertz CT molecular complexity index is 339. The third kappa shape index (κ3) is 2.62. The molecular weight excluding hydrogens is 465 g/mol. The van der Waals surface area contributed by atoms with E-state index in [0.717, 1.165) is 0 Å². The van der Waals surface area contributed by atoms with Gasteiger partial charge < -0.3 is 0 Å². The summed E-state index contributed by atoms with van der Waals surface area (Å²) in [6, 6.07) is 0. The quantitative estimate of drug-likeness (QED) is 0.381. The molecule has 0 amide bonds. The fourth-order valence-corrected chi connectivity index (χ4v) is 44.2. The van der Waals surface area contributed by atoms with E-state index in [9.17, 15) is 0 Å². The molecule has 2 nitrogen and oxygen atoms in total. The molecule has 0 unspecified atom stereocenters. The molecule has 6 heteroatoms. The van der Waals surface area contributed by atoms with Crippen LogP contribution in [0.2, 0.25) is 0 Å². The standard InChI is InChI=1S/C10H24N2P2Te2/c1-9(2,3)11-13(7,15)12(10(4,5)6)14(11,8)16/h1-8H3. The summed E-state index contributed by atoms with van der Waals surface area (Å²) in [5, 5.41) is 0. The first-order valence-corrected chi connectivity index (χ1v) is 15.9. The molecule has 1 aliphatic heterocycles. The molecule has 1 heterocycles. The van der Waals surface area contributed by atoms with Gasteiger partial charge in [0.1, 0.15) is 0 Å². The van der Waals surface area contributed by atoms with Crippen molar-refractivity contribution in [3.8, 4) is 0 Å². The van der Waals surface area contributed by atoms with Crippen LogP contribution >= 0.6 is 9.58 Å². The maximum atomic E-state index is 2.84. The molecule has 96 valence electrons. The third-order valence-corrected chi connectivity index (χ3v) is 22.1. The van der Waals surface area contributed by atoms with Crippen LogP contribution in [0.3, 0.4) is 0 Å². The van der Waals surface area contributed by atoms with E-state index in [2.05, 4.69) is 106 Å². The van der Waals surface area contributed by atoms with Gasteiger partial charge in [0, 0.05) is 0 Å². The molecule has 0 aromatic carbocycles. The van der Waals surface area contributed by atoms with Crippen LogP contribution in [0.5, 0.6) is 0 Å². The summed E-state index contributed by atoms with van der Waals surface area (Å²) < 4.78 is 5.68. The van der Waals surface area contributed by atoms with Crippen molar-refractivity contribution < 1.29 is 0 Å². The van der Waals surface area contributed by atoms with Crippen LogP contribution in [-0.4, -0.2) is 75.8 Å². The molecule has 0 N–H and O–H groups in total. The van der Waals surface area contributed by atoms with Crippen LogP contribution in [0.15, 0.2) is 0 Å². The number of nitrogens with zero attached hydrogens (tertiary/aromatic N) is 2. The molecule has 0 atom stereocenters. The van der Waals surface area contributed by atoms with Gasteiger partial charge in [0.15, 0.2) is 0 Å². The van der Waals surface area contributed by atoms with Crippen molar-refractivity contribution >= 4 is 52.0 Å². The van der Waals surface area contributed by atoms with E-state index in [4.69, 9.17) is 0 Å². The van der Waals surface area contributed by atoms with E-state index in [1.807, 2.05) is 0 Å². The molecule has 1 rings (SSSR count). The zero-order chi connectivity index (χ0) is 13.2. The Morgan fingerprint density at radius 2 is 0.875 bits per heavy atom. The Hall–Kier alpha value is 2.36. The second-order valence-electron chi connectivity index (χ2n) is 6.59. The fraction of sp³-hybridized carbons (Fsp3) is 1.00. The molecule has 1 saturated heterocycles. The summed E-state index contributed by atoms with van der Waals surface area (Å²) >= 11 is 4.77. The van der Waals surface area contributed by atoms with Crippen LogP contribution < -0.4 is 0 Å². The predicted octanol–water partition coefficient (Wildman–Crippen LogP) is 3.32. The van der Waals surface area contributed by atoms with Crippen LogP contribution in [0, 0.1) is 0 Å². The molecule has 0 bridgehead atoms. The van der Waals surface area contributed by atoms with Gasteiger partial charge in [-0.25, -0.2) is 0 Å². The van der Waals surface area contributed by atoms with Crippen LogP contribution in [0.1, 0.15) is 41.5 Å². The van der Waals surface area contributed by atoms with Crippen molar-refractivity contribution in [2.24, 2.45) is 0 Å². The van der Waals surface area contributed by atoms with E-state index in [1.165, 1.54) is 0 Å². The van der Waals surface area contributed by atoms with Crippen LogP contribution in [-0.2, 0) is 0 Å². The Morgan fingerprint density at radius 1 is 0.688 bits per heavy atom. The predicted molar refractivity (Wildman–Crippen MR) is 80.4 cm³/mol. The molecule has 1 aliphatic rings. The first-order chi connectivity index (χ1) is 6.73. The molecule has 0 aromatic rings. The van der Waals surface area contributed by atoms with Gasteiger partial charge in [0.25, 0.3) is 0 Å². The average Bonchev–Trinajstić information content (AvgIpc) is 1.69. The monoisotopic (exact) mass is 494 g/mol. The van der Waals surface area contributed by atoms with Crippen molar-refractivity contribution in [1.29, 1.82) is 0 Å². The molecule has 0 aliphatic carbocycles. The molecule has 1 fully saturated rings. The fourth-order valence-electron chi connectivity index (χ4n) is 2.97. The Morgan fingerprint density at radius 3 is 1.00 bits per heavy atom. The second-order valence-corrected chi connectivity index (χ2v) is 24.0. The van der Waals surface area contributed by atoms with Crippen LogP contribution in [0.25, 0.3) is 0 Å². The normalized spacial score (nSPS) is 38.5. The minimum absolute atomic E-state index is 0.307. The first kappa shape index (κ1) is 16.4. The summed E-state index contributed by atoms with van der Waals surface area (Å²) in [5.74, 6) is 0. The van der Waals surface area contributed by atoms with Gasteiger partial charge in [0.2, 0.25) is 0 Å². The Balaban J connectivity index is 3.26. The first-order valence-electron chi connectivity index (χ1n) is 5.51. The van der Waals surface area contributed by atoms with E-state index in [0.29, 0.717) is 11.1 Å². The summed E-state index contributed by atoms with van der Waals surface area (Å²) in [6.07, 6.45) is 0. The SMILES string of the molecule is CC(C)(C)N1P(C)(=[Te])N(C(C)(C)C)P1(C)=[Te]. The van der Waals surface area contributed by atoms with Crippen LogP contribution in [0.4, 0.5) is 0 Å². The summed E-state index contributed by atoms with van der Waals surface area (Å²) in [4.78, 5) is -2.14. The summed E-state index contributed by atoms with van der Waals surface area (Å²) in [5.41, 5.74) is 0.614. The zero-order valence-electron chi connectivity index (χ0n) is 11.6. The topological polar surface area (TPSA) is 6.48 Å². The van der Waals surface area contributed by atoms with E-state index < -0.39 is 9.58 Å². The number of hydrogen-bond donors (Lipinski definition) is 0. The zero-order valence-corrected chi connectivity index (χ0v) is 18.1. The van der Waals surface area contributed by atoms with Crippen molar-refractivity contribution in [3.63, 3.8) is 0 Å². The maximum absolute atomic E-state index is 2.84. The van der Waals surface area contributed by atoms with Gasteiger partial charge >= 0.3 is 127 Å².